The number of aliphatic hydroxyl groups is 1. The minimum absolute atomic E-state index is 0.101. The lowest BCUT2D eigenvalue weighted by Crippen LogP contribution is -2.41. The molecule has 1 aliphatic rings. The molecule has 25 heavy (non-hydrogen) atoms. The van der Waals surface area contributed by atoms with Crippen molar-refractivity contribution in [3.05, 3.63) is 60.2 Å². The SMILES string of the molecule is O=C(Nc1ccccc1N1CCCC1)N[C@H](CO)Cc1ccccc1. The number of aliphatic hydroxyl groups excluding tert-OH is 1. The number of hydrogen-bond donors (Lipinski definition) is 3. The van der Waals surface area contributed by atoms with E-state index >= 15 is 0 Å². The molecule has 1 aliphatic heterocycles. The summed E-state index contributed by atoms with van der Waals surface area (Å²) in [6.07, 6.45) is 2.97. The first-order chi connectivity index (χ1) is 12.3. The fourth-order valence-electron chi connectivity index (χ4n) is 3.22. The second-order valence-corrected chi connectivity index (χ2v) is 6.38. The molecule has 0 saturated carbocycles. The maximum Gasteiger partial charge on any atom is 0.319 e. The van der Waals surface area contributed by atoms with Crippen molar-refractivity contribution >= 4 is 17.4 Å². The number of rotatable bonds is 6. The van der Waals surface area contributed by atoms with Crippen molar-refractivity contribution in [2.45, 2.75) is 25.3 Å². The summed E-state index contributed by atoms with van der Waals surface area (Å²) in [4.78, 5) is 14.7. The number of para-hydroxylation sites is 2. The normalized spacial score (nSPS) is 15.0. The number of anilines is 2. The van der Waals surface area contributed by atoms with Crippen LogP contribution in [0.1, 0.15) is 18.4 Å². The zero-order valence-electron chi connectivity index (χ0n) is 14.3. The van der Waals surface area contributed by atoms with Gasteiger partial charge in [0.25, 0.3) is 0 Å². The van der Waals surface area contributed by atoms with Crippen molar-refractivity contribution in [1.82, 2.24) is 5.32 Å². The van der Waals surface area contributed by atoms with E-state index in [2.05, 4.69) is 15.5 Å². The minimum Gasteiger partial charge on any atom is -0.394 e. The smallest absolute Gasteiger partial charge is 0.319 e. The van der Waals surface area contributed by atoms with Crippen molar-refractivity contribution in [2.75, 3.05) is 29.9 Å². The van der Waals surface area contributed by atoms with Gasteiger partial charge in [0.1, 0.15) is 0 Å². The largest absolute Gasteiger partial charge is 0.394 e. The molecule has 1 fully saturated rings. The van der Waals surface area contributed by atoms with E-state index in [0.717, 1.165) is 30.0 Å². The predicted molar refractivity (Wildman–Crippen MR) is 101 cm³/mol. The van der Waals surface area contributed by atoms with Crippen LogP contribution < -0.4 is 15.5 Å². The lowest BCUT2D eigenvalue weighted by Gasteiger charge is -2.22. The molecular weight excluding hydrogens is 314 g/mol. The summed E-state index contributed by atoms with van der Waals surface area (Å²) in [6.45, 7) is 1.94. The molecule has 5 nitrogen and oxygen atoms in total. The number of nitrogens with one attached hydrogen (secondary N) is 2. The van der Waals surface area contributed by atoms with Gasteiger partial charge >= 0.3 is 6.03 Å². The Kier molecular flexibility index (Phi) is 5.90. The van der Waals surface area contributed by atoms with E-state index in [4.69, 9.17) is 0 Å². The van der Waals surface area contributed by atoms with E-state index in [0.29, 0.717) is 6.42 Å². The van der Waals surface area contributed by atoms with Gasteiger partial charge in [-0.1, -0.05) is 42.5 Å². The monoisotopic (exact) mass is 339 g/mol. The van der Waals surface area contributed by atoms with Gasteiger partial charge in [0.15, 0.2) is 0 Å². The van der Waals surface area contributed by atoms with Crippen molar-refractivity contribution in [1.29, 1.82) is 0 Å². The number of amides is 2. The number of carbonyl (C=O) groups excluding carboxylic acids is 1. The molecule has 0 aliphatic carbocycles. The zero-order valence-corrected chi connectivity index (χ0v) is 14.3. The predicted octanol–water partition coefficient (Wildman–Crippen LogP) is 3.01. The molecule has 0 bridgehead atoms. The molecule has 0 radical (unpaired) electrons. The summed E-state index contributed by atoms with van der Waals surface area (Å²) in [7, 11) is 0. The third-order valence-electron chi connectivity index (χ3n) is 4.48. The summed E-state index contributed by atoms with van der Waals surface area (Å²) in [6, 6.07) is 17.1. The van der Waals surface area contributed by atoms with E-state index in [1.165, 1.54) is 12.8 Å². The summed E-state index contributed by atoms with van der Waals surface area (Å²) >= 11 is 0. The highest BCUT2D eigenvalue weighted by molar-refractivity contribution is 5.93. The van der Waals surface area contributed by atoms with E-state index in [-0.39, 0.29) is 18.7 Å². The second-order valence-electron chi connectivity index (χ2n) is 6.38. The summed E-state index contributed by atoms with van der Waals surface area (Å²) in [5.74, 6) is 0. The van der Waals surface area contributed by atoms with Gasteiger partial charge in [0.05, 0.1) is 24.0 Å². The van der Waals surface area contributed by atoms with Gasteiger partial charge < -0.3 is 20.6 Å². The Bertz CT molecular complexity index is 684. The molecule has 3 rings (SSSR count). The lowest BCUT2D eigenvalue weighted by molar-refractivity contribution is 0.224. The number of nitrogens with zero attached hydrogens (tertiary/aromatic N) is 1. The van der Waals surface area contributed by atoms with Crippen molar-refractivity contribution in [3.63, 3.8) is 0 Å². The first kappa shape index (κ1) is 17.3. The molecule has 0 unspecified atom stereocenters. The third kappa shape index (κ3) is 4.73. The number of carbonyl (C=O) groups is 1. The molecular formula is C20H25N3O2. The van der Waals surface area contributed by atoms with Crippen LogP contribution in [0.3, 0.4) is 0 Å². The molecule has 0 aromatic heterocycles. The summed E-state index contributed by atoms with van der Waals surface area (Å²) < 4.78 is 0. The van der Waals surface area contributed by atoms with Crippen LogP contribution in [0, 0.1) is 0 Å². The van der Waals surface area contributed by atoms with E-state index in [1.54, 1.807) is 0 Å². The topological polar surface area (TPSA) is 64.6 Å². The molecule has 5 heteroatoms. The Morgan fingerprint density at radius 2 is 1.72 bits per heavy atom. The van der Waals surface area contributed by atoms with Crippen molar-refractivity contribution in [2.24, 2.45) is 0 Å². The Morgan fingerprint density at radius 1 is 1.04 bits per heavy atom. The van der Waals surface area contributed by atoms with Crippen LogP contribution in [0.2, 0.25) is 0 Å². The summed E-state index contributed by atoms with van der Waals surface area (Å²) in [5, 5.41) is 15.4. The van der Waals surface area contributed by atoms with Crippen LogP contribution >= 0.6 is 0 Å². The molecule has 132 valence electrons. The Balaban J connectivity index is 1.62. The zero-order chi connectivity index (χ0) is 17.5. The van der Waals surface area contributed by atoms with Crippen molar-refractivity contribution < 1.29 is 9.90 Å². The lowest BCUT2D eigenvalue weighted by atomic mass is 10.1. The van der Waals surface area contributed by atoms with E-state index in [1.807, 2.05) is 54.6 Å². The average molecular weight is 339 g/mol. The molecule has 2 amide bonds. The van der Waals surface area contributed by atoms with Gasteiger partial charge in [0, 0.05) is 13.1 Å². The molecule has 2 aromatic rings. The standard InChI is InChI=1S/C20H25N3O2/c24-15-17(14-16-8-2-1-3-9-16)21-20(25)22-18-10-4-5-11-19(18)23-12-6-7-13-23/h1-5,8-11,17,24H,6-7,12-15H2,(H2,21,22,25)/t17-/m0/s1. The molecule has 2 aromatic carbocycles. The number of benzene rings is 2. The van der Waals surface area contributed by atoms with Crippen LogP contribution in [0.25, 0.3) is 0 Å². The Labute approximate surface area is 148 Å². The molecule has 1 atom stereocenters. The van der Waals surface area contributed by atoms with Crippen LogP contribution in [0.15, 0.2) is 54.6 Å². The second kappa shape index (κ2) is 8.53. The van der Waals surface area contributed by atoms with Gasteiger partial charge in [-0.3, -0.25) is 0 Å². The van der Waals surface area contributed by atoms with Crippen LogP contribution in [-0.4, -0.2) is 36.9 Å². The van der Waals surface area contributed by atoms with Gasteiger partial charge in [0.2, 0.25) is 0 Å². The highest BCUT2D eigenvalue weighted by Gasteiger charge is 2.17. The first-order valence-corrected chi connectivity index (χ1v) is 8.82. The first-order valence-electron chi connectivity index (χ1n) is 8.82. The van der Waals surface area contributed by atoms with Gasteiger partial charge in [-0.25, -0.2) is 4.79 Å². The van der Waals surface area contributed by atoms with Crippen LogP contribution in [0.4, 0.5) is 16.2 Å². The molecule has 1 heterocycles. The van der Waals surface area contributed by atoms with Crippen LogP contribution in [-0.2, 0) is 6.42 Å². The van der Waals surface area contributed by atoms with E-state index < -0.39 is 0 Å². The minimum atomic E-state index is -0.318. The fraction of sp³-hybridized carbons (Fsp3) is 0.350. The fourth-order valence-corrected chi connectivity index (χ4v) is 3.22. The van der Waals surface area contributed by atoms with Gasteiger partial charge in [-0.05, 0) is 37.0 Å². The molecule has 3 N–H and O–H groups in total. The van der Waals surface area contributed by atoms with E-state index in [9.17, 15) is 9.90 Å². The highest BCUT2D eigenvalue weighted by Crippen LogP contribution is 2.28. The number of urea groups is 1. The maximum atomic E-state index is 12.4. The third-order valence-corrected chi connectivity index (χ3v) is 4.48. The quantitative estimate of drug-likeness (QED) is 0.758. The van der Waals surface area contributed by atoms with Gasteiger partial charge in [-0.2, -0.15) is 0 Å². The maximum absolute atomic E-state index is 12.4. The Morgan fingerprint density at radius 3 is 2.44 bits per heavy atom. The average Bonchev–Trinajstić information content (AvgIpc) is 3.17. The molecule has 0 spiro atoms. The molecule has 1 saturated heterocycles. The van der Waals surface area contributed by atoms with Crippen molar-refractivity contribution in [3.8, 4) is 0 Å². The number of hydrogen-bond acceptors (Lipinski definition) is 3. The Hall–Kier alpha value is -2.53. The highest BCUT2D eigenvalue weighted by atomic mass is 16.3. The van der Waals surface area contributed by atoms with Gasteiger partial charge in [-0.15, -0.1) is 0 Å². The summed E-state index contributed by atoms with van der Waals surface area (Å²) in [5.41, 5.74) is 2.94. The van der Waals surface area contributed by atoms with Crippen LogP contribution in [0.5, 0.6) is 0 Å².